The van der Waals surface area contributed by atoms with Gasteiger partial charge in [-0.3, -0.25) is 14.5 Å². The molecule has 0 radical (unpaired) electrons. The highest BCUT2D eigenvalue weighted by atomic mass is 16.7. The number of imide groups is 1. The fourth-order valence-corrected chi connectivity index (χ4v) is 3.82. The Morgan fingerprint density at radius 1 is 1.38 bits per heavy atom. The van der Waals surface area contributed by atoms with Gasteiger partial charge in [0.1, 0.15) is 17.6 Å². The average molecular weight is 398 g/mol. The van der Waals surface area contributed by atoms with Crippen LogP contribution in [-0.2, 0) is 16.0 Å². The molecule has 0 unspecified atom stereocenters. The lowest BCUT2D eigenvalue weighted by molar-refractivity contribution is -0.135. The van der Waals surface area contributed by atoms with Crippen LogP contribution in [0.3, 0.4) is 0 Å². The quantitative estimate of drug-likeness (QED) is 0.692. The Morgan fingerprint density at radius 2 is 2.10 bits per heavy atom. The van der Waals surface area contributed by atoms with Crippen LogP contribution in [0.15, 0.2) is 18.2 Å². The molecule has 4 rings (SSSR count). The van der Waals surface area contributed by atoms with Crippen molar-refractivity contribution in [3.05, 3.63) is 23.8 Å². The van der Waals surface area contributed by atoms with Gasteiger partial charge in [0.15, 0.2) is 11.5 Å². The van der Waals surface area contributed by atoms with Crippen LogP contribution >= 0.6 is 0 Å². The number of ether oxygens (including phenoxy) is 2. The summed E-state index contributed by atoms with van der Waals surface area (Å²) < 4.78 is 10.6. The topological polar surface area (TPSA) is 121 Å². The number of rotatable bonds is 6. The molecule has 0 spiro atoms. The summed E-state index contributed by atoms with van der Waals surface area (Å²) in [5, 5.41) is 14.7. The number of nitriles is 1. The summed E-state index contributed by atoms with van der Waals surface area (Å²) in [4.78, 5) is 38.7. The lowest BCUT2D eigenvalue weighted by Gasteiger charge is -2.25. The summed E-state index contributed by atoms with van der Waals surface area (Å²) in [6.45, 7) is 3.01. The normalized spacial score (nSPS) is 24.7. The molecule has 29 heavy (non-hydrogen) atoms. The highest BCUT2D eigenvalue weighted by Crippen LogP contribution is 2.39. The zero-order chi connectivity index (χ0) is 20.8. The highest BCUT2D eigenvalue weighted by Gasteiger charge is 2.49. The molecule has 152 valence electrons. The summed E-state index contributed by atoms with van der Waals surface area (Å²) in [5.41, 5.74) is -1.37. The second-order valence-electron chi connectivity index (χ2n) is 8.15. The Hall–Kier alpha value is -3.28. The van der Waals surface area contributed by atoms with Crippen LogP contribution < -0.4 is 20.1 Å². The first kappa shape index (κ1) is 19.1. The first-order valence-electron chi connectivity index (χ1n) is 9.49. The average Bonchev–Trinajstić information content (AvgIpc) is 3.40. The van der Waals surface area contributed by atoms with Gasteiger partial charge in [-0.1, -0.05) is 6.07 Å². The smallest absolute Gasteiger partial charge is 0.325 e. The van der Waals surface area contributed by atoms with Crippen LogP contribution in [0.5, 0.6) is 11.5 Å². The summed E-state index contributed by atoms with van der Waals surface area (Å²) in [5.74, 6) is 0.318. The van der Waals surface area contributed by atoms with Gasteiger partial charge in [-0.15, -0.1) is 0 Å². The van der Waals surface area contributed by atoms with E-state index in [1.54, 1.807) is 26.0 Å². The van der Waals surface area contributed by atoms with Crippen LogP contribution in [0.25, 0.3) is 0 Å². The van der Waals surface area contributed by atoms with E-state index >= 15 is 0 Å². The third kappa shape index (κ3) is 3.46. The molecule has 1 saturated heterocycles. The molecule has 2 fully saturated rings. The van der Waals surface area contributed by atoms with Crippen molar-refractivity contribution in [1.82, 2.24) is 15.5 Å². The van der Waals surface area contributed by atoms with Crippen LogP contribution in [0.2, 0.25) is 0 Å². The van der Waals surface area contributed by atoms with E-state index in [0.29, 0.717) is 11.5 Å². The lowest BCUT2D eigenvalue weighted by Crippen LogP contribution is -2.51. The summed E-state index contributed by atoms with van der Waals surface area (Å²) in [7, 11) is 0. The first-order valence-corrected chi connectivity index (χ1v) is 9.49. The molecule has 0 aromatic heterocycles. The molecule has 1 aromatic carbocycles. The van der Waals surface area contributed by atoms with E-state index in [0.717, 1.165) is 23.3 Å². The zero-order valence-electron chi connectivity index (χ0n) is 16.3. The number of benzene rings is 1. The van der Waals surface area contributed by atoms with Gasteiger partial charge in [0.25, 0.3) is 5.91 Å². The van der Waals surface area contributed by atoms with E-state index in [9.17, 15) is 19.6 Å². The molecule has 1 aromatic rings. The first-order chi connectivity index (χ1) is 13.7. The number of nitrogens with one attached hydrogen (secondary N) is 2. The molecule has 2 heterocycles. The molecule has 2 atom stereocenters. The largest absolute Gasteiger partial charge is 0.454 e. The molecular weight excluding hydrogens is 376 g/mol. The second-order valence-corrected chi connectivity index (χ2v) is 8.15. The number of hydrogen-bond donors (Lipinski definition) is 2. The molecule has 4 amide bonds. The molecule has 3 aliphatic rings. The highest BCUT2D eigenvalue weighted by molar-refractivity contribution is 6.09. The minimum absolute atomic E-state index is 0.107. The summed E-state index contributed by atoms with van der Waals surface area (Å²) in [6.07, 6.45) is 1.99. The number of carbonyl (C=O) groups excluding carboxylic acids is 3. The van der Waals surface area contributed by atoms with Crippen molar-refractivity contribution in [2.24, 2.45) is 5.92 Å². The van der Waals surface area contributed by atoms with E-state index in [1.165, 1.54) is 0 Å². The summed E-state index contributed by atoms with van der Waals surface area (Å²) in [6, 6.07) is 6.84. The maximum Gasteiger partial charge on any atom is 0.325 e. The van der Waals surface area contributed by atoms with E-state index in [1.807, 2.05) is 6.07 Å². The standard InChI is InChI=1S/C20H22N4O5/c1-19(8-12-3-6-14-15(7-12)29-11-28-14)17(26)24(18(27)23-19)9-16(25)22-20(2,10-21)13-4-5-13/h3,6-7,13H,4-5,8-9,11H2,1-2H3,(H,22,25)(H,23,27)/t19-,20+/m0/s1. The Balaban J connectivity index is 1.44. The van der Waals surface area contributed by atoms with Gasteiger partial charge < -0.3 is 20.1 Å². The second kappa shape index (κ2) is 6.65. The van der Waals surface area contributed by atoms with Crippen molar-refractivity contribution in [1.29, 1.82) is 5.26 Å². The molecule has 2 aliphatic heterocycles. The van der Waals surface area contributed by atoms with Gasteiger partial charge in [-0.2, -0.15) is 5.26 Å². The van der Waals surface area contributed by atoms with E-state index in [2.05, 4.69) is 16.7 Å². The lowest BCUT2D eigenvalue weighted by atomic mass is 9.92. The predicted octanol–water partition coefficient (Wildman–Crippen LogP) is 1.08. The fraction of sp³-hybridized carbons (Fsp3) is 0.500. The van der Waals surface area contributed by atoms with Gasteiger partial charge in [-0.05, 0) is 50.3 Å². The Morgan fingerprint density at radius 3 is 2.79 bits per heavy atom. The van der Waals surface area contributed by atoms with Gasteiger partial charge in [0, 0.05) is 6.42 Å². The van der Waals surface area contributed by atoms with Gasteiger partial charge >= 0.3 is 6.03 Å². The molecule has 1 saturated carbocycles. The van der Waals surface area contributed by atoms with Crippen LogP contribution in [-0.4, -0.2) is 47.2 Å². The number of urea groups is 1. The van der Waals surface area contributed by atoms with Crippen molar-refractivity contribution in [3.63, 3.8) is 0 Å². The molecular formula is C20H22N4O5. The minimum Gasteiger partial charge on any atom is -0.454 e. The minimum atomic E-state index is -1.18. The van der Waals surface area contributed by atoms with E-state index < -0.39 is 35.5 Å². The zero-order valence-corrected chi connectivity index (χ0v) is 16.3. The SMILES string of the molecule is C[C@](C#N)(NC(=O)CN1C(=O)N[C@@](C)(Cc2ccc3c(c2)OCO3)C1=O)C1CC1. The third-order valence-electron chi connectivity index (χ3n) is 5.67. The van der Waals surface area contributed by atoms with Crippen LogP contribution in [0, 0.1) is 17.2 Å². The number of carbonyl (C=O) groups is 3. The van der Waals surface area contributed by atoms with Gasteiger partial charge in [0.2, 0.25) is 12.7 Å². The monoisotopic (exact) mass is 398 g/mol. The third-order valence-corrected chi connectivity index (χ3v) is 5.67. The van der Waals surface area contributed by atoms with Crippen LogP contribution in [0.4, 0.5) is 4.79 Å². The molecule has 1 aliphatic carbocycles. The van der Waals surface area contributed by atoms with Crippen molar-refractivity contribution < 1.29 is 23.9 Å². The Kier molecular flexibility index (Phi) is 4.37. The molecule has 0 bridgehead atoms. The predicted molar refractivity (Wildman–Crippen MR) is 99.8 cm³/mol. The van der Waals surface area contributed by atoms with Gasteiger partial charge in [0.05, 0.1) is 6.07 Å². The number of nitrogens with zero attached hydrogens (tertiary/aromatic N) is 2. The van der Waals surface area contributed by atoms with E-state index in [-0.39, 0.29) is 19.1 Å². The molecule has 2 N–H and O–H groups in total. The Bertz CT molecular complexity index is 937. The fourth-order valence-electron chi connectivity index (χ4n) is 3.82. The number of hydrogen-bond acceptors (Lipinski definition) is 6. The van der Waals surface area contributed by atoms with Crippen molar-refractivity contribution in [2.75, 3.05) is 13.3 Å². The number of amides is 4. The summed E-state index contributed by atoms with van der Waals surface area (Å²) >= 11 is 0. The van der Waals surface area contributed by atoms with E-state index in [4.69, 9.17) is 9.47 Å². The van der Waals surface area contributed by atoms with Gasteiger partial charge in [-0.25, -0.2) is 4.79 Å². The Labute approximate surface area is 167 Å². The van der Waals surface area contributed by atoms with Crippen molar-refractivity contribution in [2.45, 2.75) is 44.2 Å². The maximum atomic E-state index is 12.9. The van der Waals surface area contributed by atoms with Crippen molar-refractivity contribution >= 4 is 17.8 Å². The van der Waals surface area contributed by atoms with Crippen molar-refractivity contribution in [3.8, 4) is 17.6 Å². The number of fused-ring (bicyclic) bond motifs is 1. The maximum absolute atomic E-state index is 12.9. The van der Waals surface area contributed by atoms with Crippen LogP contribution in [0.1, 0.15) is 32.3 Å². The molecule has 9 heteroatoms. The molecule has 9 nitrogen and oxygen atoms in total.